The van der Waals surface area contributed by atoms with Crippen LogP contribution < -0.4 is 10.5 Å². The summed E-state index contributed by atoms with van der Waals surface area (Å²) in [4.78, 5) is 15.6. The van der Waals surface area contributed by atoms with Crippen molar-refractivity contribution in [1.82, 2.24) is 10.3 Å². The highest BCUT2D eigenvalue weighted by molar-refractivity contribution is 7.89. The lowest BCUT2D eigenvalue weighted by atomic mass is 10.2. The van der Waals surface area contributed by atoms with Crippen LogP contribution in [0.4, 0.5) is 0 Å². The van der Waals surface area contributed by atoms with E-state index in [1.165, 1.54) is 18.5 Å². The van der Waals surface area contributed by atoms with Crippen LogP contribution in [0.3, 0.4) is 0 Å². The van der Waals surface area contributed by atoms with Gasteiger partial charge in [0.15, 0.2) is 6.39 Å². The number of primary sulfonamides is 1. The summed E-state index contributed by atoms with van der Waals surface area (Å²) >= 11 is 0. The molecule has 0 unspecified atom stereocenters. The zero-order chi connectivity index (χ0) is 14.8. The normalized spacial score (nSPS) is 11.3. The van der Waals surface area contributed by atoms with Gasteiger partial charge < -0.3 is 9.73 Å². The summed E-state index contributed by atoms with van der Waals surface area (Å²) in [5.74, 6) is -0.221. The van der Waals surface area contributed by atoms with Crippen molar-refractivity contribution in [3.05, 3.63) is 47.7 Å². The van der Waals surface area contributed by atoms with Gasteiger partial charge in [-0.1, -0.05) is 12.1 Å². The van der Waals surface area contributed by atoms with Gasteiger partial charge in [0, 0.05) is 6.54 Å². The predicted octanol–water partition coefficient (Wildman–Crippen LogP) is 0.560. The van der Waals surface area contributed by atoms with E-state index >= 15 is 0 Å². The molecule has 1 aromatic heterocycles. The third-order valence-corrected chi connectivity index (χ3v) is 3.59. The van der Waals surface area contributed by atoms with Crippen molar-refractivity contribution < 1.29 is 17.6 Å². The van der Waals surface area contributed by atoms with Gasteiger partial charge in [-0.3, -0.25) is 4.79 Å². The van der Waals surface area contributed by atoms with Crippen LogP contribution in [0.1, 0.15) is 21.8 Å². The molecule has 0 spiro atoms. The molecular weight excluding hydrogens is 282 g/mol. The van der Waals surface area contributed by atoms with Crippen LogP contribution in [0, 0.1) is 6.92 Å². The molecule has 2 aromatic rings. The van der Waals surface area contributed by atoms with Gasteiger partial charge in [0.25, 0.3) is 5.91 Å². The third kappa shape index (κ3) is 3.22. The quantitative estimate of drug-likeness (QED) is 0.855. The lowest BCUT2D eigenvalue weighted by Gasteiger charge is -2.05. The van der Waals surface area contributed by atoms with Crippen LogP contribution in [-0.2, 0) is 16.6 Å². The van der Waals surface area contributed by atoms with Crippen LogP contribution in [0.15, 0.2) is 40.0 Å². The van der Waals surface area contributed by atoms with Crippen molar-refractivity contribution in [2.45, 2.75) is 18.4 Å². The first-order valence-corrected chi connectivity index (χ1v) is 7.22. The largest absolute Gasteiger partial charge is 0.438 e. The highest BCUT2D eigenvalue weighted by atomic mass is 32.2. The molecule has 3 N–H and O–H groups in total. The lowest BCUT2D eigenvalue weighted by Crippen LogP contribution is -2.23. The van der Waals surface area contributed by atoms with Crippen LogP contribution >= 0.6 is 0 Å². The lowest BCUT2D eigenvalue weighted by molar-refractivity contribution is 0.0922. The van der Waals surface area contributed by atoms with Gasteiger partial charge in [-0.05, 0) is 24.6 Å². The summed E-state index contributed by atoms with van der Waals surface area (Å²) in [5.41, 5.74) is 1.25. The van der Waals surface area contributed by atoms with Gasteiger partial charge in [-0.2, -0.15) is 0 Å². The fourth-order valence-electron chi connectivity index (χ4n) is 1.58. The van der Waals surface area contributed by atoms with Gasteiger partial charge in [-0.25, -0.2) is 18.5 Å². The number of carbonyl (C=O) groups excluding carboxylic acids is 1. The first-order chi connectivity index (χ1) is 9.38. The first-order valence-electron chi connectivity index (χ1n) is 5.68. The monoisotopic (exact) mass is 295 g/mol. The van der Waals surface area contributed by atoms with E-state index in [-0.39, 0.29) is 23.1 Å². The number of aromatic nitrogens is 1. The summed E-state index contributed by atoms with van der Waals surface area (Å²) in [6, 6.07) is 5.92. The van der Waals surface area contributed by atoms with Crippen molar-refractivity contribution in [2.75, 3.05) is 0 Å². The van der Waals surface area contributed by atoms with E-state index in [0.29, 0.717) is 5.69 Å². The second-order valence-corrected chi connectivity index (χ2v) is 5.70. The van der Waals surface area contributed by atoms with Crippen molar-refractivity contribution in [1.29, 1.82) is 0 Å². The van der Waals surface area contributed by atoms with Crippen molar-refractivity contribution >= 4 is 15.9 Å². The highest BCUT2D eigenvalue weighted by Gasteiger charge is 2.13. The second-order valence-electron chi connectivity index (χ2n) is 4.14. The van der Waals surface area contributed by atoms with E-state index in [1.807, 2.05) is 0 Å². The van der Waals surface area contributed by atoms with E-state index in [4.69, 9.17) is 9.56 Å². The molecule has 0 bridgehead atoms. The highest BCUT2D eigenvalue weighted by Crippen LogP contribution is 2.09. The van der Waals surface area contributed by atoms with Gasteiger partial charge in [0.1, 0.15) is 0 Å². The average Bonchev–Trinajstić information content (AvgIpc) is 2.82. The van der Waals surface area contributed by atoms with Crippen molar-refractivity contribution in [3.63, 3.8) is 0 Å². The zero-order valence-electron chi connectivity index (χ0n) is 10.7. The number of sulfonamides is 1. The smallest absolute Gasteiger partial charge is 0.289 e. The molecule has 2 rings (SSSR count). The third-order valence-electron chi connectivity index (χ3n) is 2.66. The molecule has 1 heterocycles. The SMILES string of the molecule is Cc1ncoc1C(=O)NCc1ccc(S(N)(=O)=O)cc1. The second kappa shape index (κ2) is 5.43. The number of aryl methyl sites for hydroxylation is 1. The Morgan fingerprint density at radius 2 is 2.00 bits per heavy atom. The Balaban J connectivity index is 2.02. The number of benzene rings is 1. The van der Waals surface area contributed by atoms with Crippen LogP contribution in [0.2, 0.25) is 0 Å². The van der Waals surface area contributed by atoms with Crippen molar-refractivity contribution in [2.24, 2.45) is 5.14 Å². The summed E-state index contributed by atoms with van der Waals surface area (Å²) in [6.07, 6.45) is 1.20. The Morgan fingerprint density at radius 3 is 2.50 bits per heavy atom. The minimum atomic E-state index is -3.70. The molecule has 0 aliphatic heterocycles. The minimum Gasteiger partial charge on any atom is -0.438 e. The maximum atomic E-state index is 11.8. The fraction of sp³-hybridized carbons (Fsp3) is 0.167. The van der Waals surface area contributed by atoms with E-state index in [2.05, 4.69) is 10.3 Å². The molecular formula is C12H13N3O4S. The summed E-state index contributed by atoms with van der Waals surface area (Å²) in [5, 5.41) is 7.64. The zero-order valence-corrected chi connectivity index (χ0v) is 11.5. The van der Waals surface area contributed by atoms with Crippen LogP contribution in [-0.4, -0.2) is 19.3 Å². The predicted molar refractivity (Wildman–Crippen MR) is 70.2 cm³/mol. The molecule has 1 aromatic carbocycles. The van der Waals surface area contributed by atoms with Gasteiger partial charge in [0.05, 0.1) is 10.6 Å². The van der Waals surface area contributed by atoms with Gasteiger partial charge in [-0.15, -0.1) is 0 Å². The molecule has 106 valence electrons. The van der Waals surface area contributed by atoms with E-state index in [0.717, 1.165) is 5.56 Å². The van der Waals surface area contributed by atoms with Crippen molar-refractivity contribution in [3.8, 4) is 0 Å². The molecule has 0 fully saturated rings. The molecule has 7 nitrogen and oxygen atoms in total. The summed E-state index contributed by atoms with van der Waals surface area (Å²) in [7, 11) is -3.70. The molecule has 1 amide bonds. The molecule has 0 aliphatic carbocycles. The molecule has 20 heavy (non-hydrogen) atoms. The number of oxazole rings is 1. The van der Waals surface area contributed by atoms with E-state index in [1.54, 1.807) is 19.1 Å². The Labute approximate surface area is 115 Å². The number of hydrogen-bond donors (Lipinski definition) is 2. The average molecular weight is 295 g/mol. The number of hydrogen-bond acceptors (Lipinski definition) is 5. The molecule has 0 aliphatic rings. The van der Waals surface area contributed by atoms with Gasteiger partial charge in [0.2, 0.25) is 15.8 Å². The van der Waals surface area contributed by atoms with E-state index in [9.17, 15) is 13.2 Å². The Bertz CT molecular complexity index is 719. The molecule has 0 atom stereocenters. The maximum Gasteiger partial charge on any atom is 0.289 e. The minimum absolute atomic E-state index is 0.0265. The molecule has 0 saturated carbocycles. The Morgan fingerprint density at radius 1 is 1.35 bits per heavy atom. The standard InChI is InChI=1S/C12H13N3O4S/c1-8-11(19-7-15-8)12(16)14-6-9-2-4-10(5-3-9)20(13,17)18/h2-5,7H,6H2,1H3,(H,14,16)(H2,13,17,18). The molecule has 8 heteroatoms. The first kappa shape index (κ1) is 14.2. The molecule has 0 radical (unpaired) electrons. The summed E-state index contributed by atoms with van der Waals surface area (Å²) in [6.45, 7) is 1.91. The number of nitrogens with one attached hydrogen (secondary N) is 1. The maximum absolute atomic E-state index is 11.8. The van der Waals surface area contributed by atoms with Gasteiger partial charge >= 0.3 is 0 Å². The van der Waals surface area contributed by atoms with Crippen LogP contribution in [0.5, 0.6) is 0 Å². The topological polar surface area (TPSA) is 115 Å². The van der Waals surface area contributed by atoms with E-state index < -0.39 is 10.0 Å². The number of nitrogens with zero attached hydrogens (tertiary/aromatic N) is 1. The summed E-state index contributed by atoms with van der Waals surface area (Å²) < 4.78 is 27.1. The number of rotatable bonds is 4. The Kier molecular flexibility index (Phi) is 3.86. The number of carbonyl (C=O) groups is 1. The molecule has 0 saturated heterocycles. The Hall–Kier alpha value is -2.19. The number of nitrogens with two attached hydrogens (primary N) is 1. The fourth-order valence-corrected chi connectivity index (χ4v) is 2.09. The van der Waals surface area contributed by atoms with Crippen LogP contribution in [0.25, 0.3) is 0 Å². The number of amides is 1.